The van der Waals surface area contributed by atoms with Crippen LogP contribution in [0.3, 0.4) is 0 Å². The van der Waals surface area contributed by atoms with Gasteiger partial charge in [-0.05, 0) is 38.4 Å². The standard InChI is InChI=1S/C18H24N4OS/c1-3-22-10-8-14(9-11-22)20-17(23)12-24-18-13(2)19-15-6-4-5-7-16(15)21-18/h4-7,14H,3,8-12H2,1-2H3,(H,20,23). The van der Waals surface area contributed by atoms with Gasteiger partial charge in [-0.25, -0.2) is 9.97 Å². The number of carbonyl (C=O) groups is 1. The molecule has 1 saturated heterocycles. The lowest BCUT2D eigenvalue weighted by Crippen LogP contribution is -2.45. The molecular weight excluding hydrogens is 320 g/mol. The maximum atomic E-state index is 12.2. The first-order valence-electron chi connectivity index (χ1n) is 8.53. The number of nitrogens with one attached hydrogen (secondary N) is 1. The number of fused-ring (bicyclic) bond motifs is 1. The first-order valence-corrected chi connectivity index (χ1v) is 9.52. The van der Waals surface area contributed by atoms with Crippen LogP contribution in [0.4, 0.5) is 0 Å². The number of amides is 1. The molecule has 0 atom stereocenters. The Morgan fingerprint density at radius 2 is 1.92 bits per heavy atom. The van der Waals surface area contributed by atoms with Crippen LogP contribution in [-0.4, -0.2) is 52.2 Å². The summed E-state index contributed by atoms with van der Waals surface area (Å²) in [4.78, 5) is 23.8. The number of likely N-dealkylation sites (tertiary alicyclic amines) is 1. The summed E-state index contributed by atoms with van der Waals surface area (Å²) in [5, 5.41) is 3.99. The summed E-state index contributed by atoms with van der Waals surface area (Å²) in [6, 6.07) is 8.13. The minimum atomic E-state index is 0.0873. The largest absolute Gasteiger partial charge is 0.353 e. The number of rotatable bonds is 5. The Kier molecular flexibility index (Phi) is 5.68. The van der Waals surface area contributed by atoms with Gasteiger partial charge in [-0.1, -0.05) is 30.8 Å². The molecule has 0 saturated carbocycles. The van der Waals surface area contributed by atoms with Crippen molar-refractivity contribution in [3.8, 4) is 0 Å². The van der Waals surface area contributed by atoms with Crippen LogP contribution in [-0.2, 0) is 4.79 Å². The minimum absolute atomic E-state index is 0.0873. The highest BCUT2D eigenvalue weighted by atomic mass is 32.2. The third-order valence-corrected chi connectivity index (χ3v) is 5.51. The fourth-order valence-corrected chi connectivity index (χ4v) is 3.77. The number of benzene rings is 1. The zero-order valence-corrected chi connectivity index (χ0v) is 15.1. The van der Waals surface area contributed by atoms with E-state index in [4.69, 9.17) is 0 Å². The van der Waals surface area contributed by atoms with Gasteiger partial charge in [0.05, 0.1) is 22.5 Å². The Morgan fingerprint density at radius 1 is 1.25 bits per heavy atom. The summed E-state index contributed by atoms with van der Waals surface area (Å²) < 4.78 is 0. The summed E-state index contributed by atoms with van der Waals surface area (Å²) in [5.41, 5.74) is 2.65. The molecule has 1 aliphatic rings. The third kappa shape index (κ3) is 4.24. The van der Waals surface area contributed by atoms with E-state index in [0.29, 0.717) is 11.8 Å². The molecule has 1 aromatic carbocycles. The highest BCUT2D eigenvalue weighted by Gasteiger charge is 2.19. The van der Waals surface area contributed by atoms with Gasteiger partial charge in [-0.2, -0.15) is 0 Å². The molecule has 1 fully saturated rings. The number of nitrogens with zero attached hydrogens (tertiary/aromatic N) is 3. The van der Waals surface area contributed by atoms with E-state index in [2.05, 4.69) is 27.1 Å². The minimum Gasteiger partial charge on any atom is -0.353 e. The van der Waals surface area contributed by atoms with Crippen LogP contribution in [0, 0.1) is 6.92 Å². The number of hydrogen-bond donors (Lipinski definition) is 1. The molecule has 1 aromatic heterocycles. The summed E-state index contributed by atoms with van der Waals surface area (Å²) in [5.74, 6) is 0.478. The first-order chi connectivity index (χ1) is 11.7. The van der Waals surface area contributed by atoms with E-state index in [1.54, 1.807) is 0 Å². The van der Waals surface area contributed by atoms with Crippen molar-refractivity contribution in [2.75, 3.05) is 25.4 Å². The van der Waals surface area contributed by atoms with Gasteiger partial charge in [-0.3, -0.25) is 4.79 Å². The number of para-hydroxylation sites is 2. The number of aryl methyl sites for hydroxylation is 1. The molecule has 5 nitrogen and oxygen atoms in total. The van der Waals surface area contributed by atoms with Crippen molar-refractivity contribution >= 4 is 28.7 Å². The second-order valence-corrected chi connectivity index (χ2v) is 7.13. The molecule has 0 spiro atoms. The van der Waals surface area contributed by atoms with Crippen LogP contribution in [0.5, 0.6) is 0 Å². The lowest BCUT2D eigenvalue weighted by Gasteiger charge is -2.31. The van der Waals surface area contributed by atoms with Gasteiger partial charge in [-0.15, -0.1) is 0 Å². The van der Waals surface area contributed by atoms with Gasteiger partial charge >= 0.3 is 0 Å². The Balaban J connectivity index is 1.54. The van der Waals surface area contributed by atoms with Crippen LogP contribution in [0.15, 0.2) is 29.3 Å². The lowest BCUT2D eigenvalue weighted by molar-refractivity contribution is -0.119. The Morgan fingerprint density at radius 3 is 2.58 bits per heavy atom. The summed E-state index contributed by atoms with van der Waals surface area (Å²) in [6.45, 7) is 7.37. The van der Waals surface area contributed by atoms with E-state index in [9.17, 15) is 4.79 Å². The normalized spacial score (nSPS) is 16.4. The van der Waals surface area contributed by atoms with E-state index in [1.165, 1.54) is 11.8 Å². The van der Waals surface area contributed by atoms with Crippen molar-refractivity contribution in [1.29, 1.82) is 0 Å². The molecule has 0 unspecified atom stereocenters. The number of carbonyl (C=O) groups excluding carboxylic acids is 1. The second kappa shape index (κ2) is 7.94. The summed E-state index contributed by atoms with van der Waals surface area (Å²) in [7, 11) is 0. The van der Waals surface area contributed by atoms with Crippen LogP contribution in [0.2, 0.25) is 0 Å². The van der Waals surface area contributed by atoms with Gasteiger partial charge in [0, 0.05) is 19.1 Å². The summed E-state index contributed by atoms with van der Waals surface area (Å²) in [6.07, 6.45) is 2.08. The molecule has 0 radical (unpaired) electrons. The molecule has 0 bridgehead atoms. The van der Waals surface area contributed by atoms with E-state index < -0.39 is 0 Å². The van der Waals surface area contributed by atoms with E-state index >= 15 is 0 Å². The van der Waals surface area contributed by atoms with Gasteiger partial charge in [0.25, 0.3) is 0 Å². The van der Waals surface area contributed by atoms with E-state index in [-0.39, 0.29) is 5.91 Å². The van der Waals surface area contributed by atoms with Crippen LogP contribution in [0.1, 0.15) is 25.5 Å². The molecule has 2 aromatic rings. The fourth-order valence-electron chi connectivity index (χ4n) is 3.01. The van der Waals surface area contributed by atoms with Crippen molar-refractivity contribution in [1.82, 2.24) is 20.2 Å². The van der Waals surface area contributed by atoms with Crippen LogP contribution < -0.4 is 5.32 Å². The quantitative estimate of drug-likeness (QED) is 0.845. The third-order valence-electron chi connectivity index (χ3n) is 4.44. The number of piperidine rings is 1. The van der Waals surface area contributed by atoms with Crippen molar-refractivity contribution < 1.29 is 4.79 Å². The Bertz CT molecular complexity index is 713. The van der Waals surface area contributed by atoms with Gasteiger partial charge in [0.15, 0.2) is 0 Å². The molecule has 3 rings (SSSR count). The maximum absolute atomic E-state index is 12.2. The average molecular weight is 344 g/mol. The second-order valence-electron chi connectivity index (χ2n) is 6.17. The molecule has 24 heavy (non-hydrogen) atoms. The molecular formula is C18H24N4OS. The highest BCUT2D eigenvalue weighted by molar-refractivity contribution is 7.99. The van der Waals surface area contributed by atoms with Crippen molar-refractivity contribution in [2.45, 2.75) is 37.8 Å². The molecule has 6 heteroatoms. The molecule has 1 amide bonds. The fraction of sp³-hybridized carbons (Fsp3) is 0.500. The lowest BCUT2D eigenvalue weighted by atomic mass is 10.1. The zero-order valence-electron chi connectivity index (χ0n) is 14.3. The van der Waals surface area contributed by atoms with Crippen LogP contribution >= 0.6 is 11.8 Å². The predicted octanol–water partition coefficient (Wildman–Crippen LogP) is 2.63. The smallest absolute Gasteiger partial charge is 0.230 e. The SMILES string of the molecule is CCN1CCC(NC(=O)CSc2nc3ccccc3nc2C)CC1. The molecule has 2 heterocycles. The van der Waals surface area contributed by atoms with Gasteiger partial charge < -0.3 is 10.2 Å². The van der Waals surface area contributed by atoms with E-state index in [1.807, 2.05) is 31.2 Å². The Hall–Kier alpha value is -1.66. The topological polar surface area (TPSA) is 58.1 Å². The molecule has 0 aliphatic carbocycles. The Labute approximate surface area is 147 Å². The summed E-state index contributed by atoms with van der Waals surface area (Å²) >= 11 is 1.47. The van der Waals surface area contributed by atoms with Gasteiger partial charge in [0.2, 0.25) is 5.91 Å². The number of thioether (sulfide) groups is 1. The highest BCUT2D eigenvalue weighted by Crippen LogP contribution is 2.21. The maximum Gasteiger partial charge on any atom is 0.230 e. The average Bonchev–Trinajstić information content (AvgIpc) is 2.60. The first kappa shape index (κ1) is 17.2. The van der Waals surface area contributed by atoms with Crippen molar-refractivity contribution in [2.24, 2.45) is 0 Å². The molecule has 1 aliphatic heterocycles. The molecule has 128 valence electrons. The number of hydrogen-bond acceptors (Lipinski definition) is 5. The molecule has 1 N–H and O–H groups in total. The monoisotopic (exact) mass is 344 g/mol. The zero-order chi connectivity index (χ0) is 16.9. The van der Waals surface area contributed by atoms with E-state index in [0.717, 1.165) is 54.2 Å². The predicted molar refractivity (Wildman–Crippen MR) is 98.3 cm³/mol. The number of aromatic nitrogens is 2. The van der Waals surface area contributed by atoms with Crippen LogP contribution in [0.25, 0.3) is 11.0 Å². The van der Waals surface area contributed by atoms with Gasteiger partial charge in [0.1, 0.15) is 5.03 Å². The van der Waals surface area contributed by atoms with Crippen molar-refractivity contribution in [3.63, 3.8) is 0 Å². The van der Waals surface area contributed by atoms with Crippen molar-refractivity contribution in [3.05, 3.63) is 30.0 Å².